The van der Waals surface area contributed by atoms with Crippen LogP contribution in [0.4, 0.5) is 17.1 Å². The van der Waals surface area contributed by atoms with E-state index in [1.807, 2.05) is 25.1 Å². The van der Waals surface area contributed by atoms with Crippen molar-refractivity contribution in [3.8, 4) is 0 Å². The third-order valence-electron chi connectivity index (χ3n) is 5.28. The summed E-state index contributed by atoms with van der Waals surface area (Å²) < 4.78 is 24.6. The number of aryl methyl sites for hydroxylation is 2. The molecule has 0 saturated heterocycles. The number of nitrogens with zero attached hydrogens (tertiary/aromatic N) is 1. The molecule has 0 aliphatic carbocycles. The Morgan fingerprint density at radius 3 is 1.89 bits per heavy atom. The molecular formula is C23H24N2O2S. The average Bonchev–Trinajstić information content (AvgIpc) is 2.85. The van der Waals surface area contributed by atoms with E-state index in [9.17, 15) is 8.42 Å². The van der Waals surface area contributed by atoms with Crippen molar-refractivity contribution in [2.75, 3.05) is 4.90 Å². The minimum atomic E-state index is -3.81. The van der Waals surface area contributed by atoms with Crippen LogP contribution in [0.3, 0.4) is 0 Å². The van der Waals surface area contributed by atoms with Crippen molar-refractivity contribution in [2.45, 2.75) is 37.5 Å². The summed E-state index contributed by atoms with van der Waals surface area (Å²) in [6.07, 6.45) is 3.36. The molecule has 4 rings (SSSR count). The van der Waals surface area contributed by atoms with E-state index in [1.54, 1.807) is 12.1 Å². The molecule has 4 nitrogen and oxygen atoms in total. The quantitative estimate of drug-likeness (QED) is 0.690. The van der Waals surface area contributed by atoms with Crippen molar-refractivity contribution in [1.29, 1.82) is 0 Å². The van der Waals surface area contributed by atoms with Crippen LogP contribution in [0.1, 0.15) is 30.0 Å². The fourth-order valence-corrected chi connectivity index (χ4v) is 4.89. The topological polar surface area (TPSA) is 63.4 Å². The van der Waals surface area contributed by atoms with E-state index >= 15 is 0 Å². The number of benzene rings is 3. The first-order valence-electron chi connectivity index (χ1n) is 9.61. The van der Waals surface area contributed by atoms with E-state index in [1.165, 1.54) is 11.1 Å². The molecule has 144 valence electrons. The molecule has 1 aliphatic rings. The standard InChI is InChI=1S/C23H24N2O2S/c1-2-8-19-22(13-7-14-23(19)28(24,26)27)25-20-11-5-3-9-17(20)15-16-18-10-4-6-12-21(18)25/h3-7,9-14H,2,8,15-16H2,1H3,(H2,24,26,27). The first kappa shape index (κ1) is 18.7. The third kappa shape index (κ3) is 3.32. The lowest BCUT2D eigenvalue weighted by Crippen LogP contribution is -2.19. The zero-order valence-corrected chi connectivity index (χ0v) is 16.7. The Morgan fingerprint density at radius 1 is 0.821 bits per heavy atom. The minimum Gasteiger partial charge on any atom is -0.310 e. The molecular weight excluding hydrogens is 368 g/mol. The lowest BCUT2D eigenvalue weighted by molar-refractivity contribution is 0.596. The smallest absolute Gasteiger partial charge is 0.238 e. The van der Waals surface area contributed by atoms with Gasteiger partial charge in [0.25, 0.3) is 0 Å². The molecule has 5 heteroatoms. The number of nitrogens with two attached hydrogens (primary N) is 1. The number of para-hydroxylation sites is 2. The van der Waals surface area contributed by atoms with E-state index in [2.05, 4.69) is 41.3 Å². The largest absolute Gasteiger partial charge is 0.310 e. The average molecular weight is 393 g/mol. The maximum absolute atomic E-state index is 12.3. The maximum Gasteiger partial charge on any atom is 0.238 e. The third-order valence-corrected chi connectivity index (χ3v) is 6.28. The number of hydrogen-bond acceptors (Lipinski definition) is 3. The summed E-state index contributed by atoms with van der Waals surface area (Å²) in [5.41, 5.74) is 6.35. The molecule has 0 spiro atoms. The molecule has 2 N–H and O–H groups in total. The molecule has 0 fully saturated rings. The van der Waals surface area contributed by atoms with Crippen LogP contribution >= 0.6 is 0 Å². The molecule has 0 amide bonds. The number of rotatable bonds is 4. The molecule has 28 heavy (non-hydrogen) atoms. The number of anilines is 3. The number of sulfonamides is 1. The zero-order chi connectivity index (χ0) is 19.7. The van der Waals surface area contributed by atoms with Gasteiger partial charge in [-0.15, -0.1) is 0 Å². The van der Waals surface area contributed by atoms with E-state index in [0.717, 1.165) is 41.9 Å². The van der Waals surface area contributed by atoms with Gasteiger partial charge in [-0.05, 0) is 60.2 Å². The van der Waals surface area contributed by atoms with Gasteiger partial charge >= 0.3 is 0 Å². The van der Waals surface area contributed by atoms with Crippen molar-refractivity contribution >= 4 is 27.1 Å². The fraction of sp³-hybridized carbons (Fsp3) is 0.217. The Morgan fingerprint density at radius 2 is 1.36 bits per heavy atom. The molecule has 3 aromatic rings. The predicted octanol–water partition coefficient (Wildman–Crippen LogP) is 4.85. The number of hydrogen-bond donors (Lipinski definition) is 1. The van der Waals surface area contributed by atoms with Crippen LogP contribution in [0, 0.1) is 0 Å². The van der Waals surface area contributed by atoms with Crippen molar-refractivity contribution in [3.63, 3.8) is 0 Å². The van der Waals surface area contributed by atoms with Gasteiger partial charge in [0.1, 0.15) is 0 Å². The first-order valence-corrected chi connectivity index (χ1v) is 11.2. The second-order valence-corrected chi connectivity index (χ2v) is 8.67. The Bertz CT molecular complexity index is 1080. The molecule has 1 heterocycles. The van der Waals surface area contributed by atoms with Crippen molar-refractivity contribution in [1.82, 2.24) is 0 Å². The van der Waals surface area contributed by atoms with E-state index in [4.69, 9.17) is 5.14 Å². The van der Waals surface area contributed by atoms with Gasteiger partial charge in [-0.2, -0.15) is 0 Å². The van der Waals surface area contributed by atoms with Crippen LogP contribution in [-0.4, -0.2) is 8.42 Å². The summed E-state index contributed by atoms with van der Waals surface area (Å²) in [7, 11) is -3.81. The molecule has 0 saturated carbocycles. The van der Waals surface area contributed by atoms with E-state index in [-0.39, 0.29) is 4.90 Å². The van der Waals surface area contributed by atoms with Crippen molar-refractivity contribution < 1.29 is 8.42 Å². The predicted molar refractivity (Wildman–Crippen MR) is 114 cm³/mol. The Kier molecular flexibility index (Phi) is 4.96. The molecule has 0 atom stereocenters. The Hall–Kier alpha value is -2.63. The number of fused-ring (bicyclic) bond motifs is 2. The number of primary sulfonamides is 1. The van der Waals surface area contributed by atoms with Gasteiger partial charge < -0.3 is 4.90 Å². The Balaban J connectivity index is 2.05. The van der Waals surface area contributed by atoms with Gasteiger partial charge in [0.15, 0.2) is 0 Å². The zero-order valence-electron chi connectivity index (χ0n) is 15.9. The molecule has 1 aliphatic heterocycles. The van der Waals surface area contributed by atoms with Crippen LogP contribution < -0.4 is 10.0 Å². The van der Waals surface area contributed by atoms with Crippen LogP contribution in [0.25, 0.3) is 0 Å². The van der Waals surface area contributed by atoms with Crippen LogP contribution in [0.5, 0.6) is 0 Å². The summed E-state index contributed by atoms with van der Waals surface area (Å²) >= 11 is 0. The lowest BCUT2D eigenvalue weighted by Gasteiger charge is -2.30. The molecule has 0 aromatic heterocycles. The summed E-state index contributed by atoms with van der Waals surface area (Å²) in [4.78, 5) is 2.42. The van der Waals surface area contributed by atoms with E-state index < -0.39 is 10.0 Å². The summed E-state index contributed by atoms with van der Waals surface area (Å²) in [6, 6.07) is 22.1. The highest BCUT2D eigenvalue weighted by atomic mass is 32.2. The summed E-state index contributed by atoms with van der Waals surface area (Å²) in [5.74, 6) is 0. The van der Waals surface area contributed by atoms with Crippen LogP contribution in [-0.2, 0) is 29.3 Å². The summed E-state index contributed by atoms with van der Waals surface area (Å²) in [6.45, 7) is 2.05. The highest BCUT2D eigenvalue weighted by Gasteiger charge is 2.26. The van der Waals surface area contributed by atoms with Gasteiger partial charge in [-0.1, -0.05) is 55.8 Å². The van der Waals surface area contributed by atoms with Gasteiger partial charge in [-0.3, -0.25) is 0 Å². The molecule has 0 unspecified atom stereocenters. The monoisotopic (exact) mass is 392 g/mol. The van der Waals surface area contributed by atoms with Gasteiger partial charge in [0.05, 0.1) is 10.6 Å². The van der Waals surface area contributed by atoms with E-state index in [0.29, 0.717) is 6.42 Å². The minimum absolute atomic E-state index is 0.214. The Labute approximate surface area is 166 Å². The highest BCUT2D eigenvalue weighted by molar-refractivity contribution is 7.89. The first-order chi connectivity index (χ1) is 13.5. The fourth-order valence-electron chi connectivity index (χ4n) is 4.07. The van der Waals surface area contributed by atoms with Crippen molar-refractivity contribution in [2.24, 2.45) is 5.14 Å². The second kappa shape index (κ2) is 7.41. The lowest BCUT2D eigenvalue weighted by atomic mass is 10.0. The second-order valence-electron chi connectivity index (χ2n) is 7.14. The van der Waals surface area contributed by atoms with Crippen molar-refractivity contribution in [3.05, 3.63) is 83.4 Å². The van der Waals surface area contributed by atoms with Gasteiger partial charge in [0.2, 0.25) is 10.0 Å². The normalized spacial score (nSPS) is 13.6. The maximum atomic E-state index is 12.3. The van der Waals surface area contributed by atoms with Crippen LogP contribution in [0.15, 0.2) is 71.6 Å². The van der Waals surface area contributed by atoms with Crippen LogP contribution in [0.2, 0.25) is 0 Å². The molecule has 0 radical (unpaired) electrons. The molecule has 3 aromatic carbocycles. The summed E-state index contributed by atoms with van der Waals surface area (Å²) in [5, 5.41) is 5.56. The SMILES string of the molecule is CCCc1c(N2c3ccccc3CCc3ccccc32)cccc1S(N)(=O)=O. The van der Waals surface area contributed by atoms with Gasteiger partial charge in [0, 0.05) is 11.4 Å². The van der Waals surface area contributed by atoms with Gasteiger partial charge in [-0.25, -0.2) is 13.6 Å². The highest BCUT2D eigenvalue weighted by Crippen LogP contribution is 2.44. The molecule has 0 bridgehead atoms.